The molecule has 138 valence electrons. The highest BCUT2D eigenvalue weighted by Crippen LogP contribution is 2.27. The van der Waals surface area contributed by atoms with E-state index in [1.54, 1.807) is 12.1 Å². The lowest BCUT2D eigenvalue weighted by Crippen LogP contribution is -2.45. The van der Waals surface area contributed by atoms with Crippen molar-refractivity contribution >= 4 is 17.7 Å². The molecule has 0 unspecified atom stereocenters. The molecule has 7 heteroatoms. The smallest absolute Gasteiger partial charge is 0.410 e. The molecule has 0 aromatic heterocycles. The largest absolute Gasteiger partial charge is 0.445 e. The zero-order valence-corrected chi connectivity index (χ0v) is 14.7. The third kappa shape index (κ3) is 3.97. The van der Waals surface area contributed by atoms with Crippen LogP contribution in [0.25, 0.3) is 0 Å². The fraction of sp³-hybridized carbons (Fsp3) is 0.316. The van der Waals surface area contributed by atoms with E-state index in [-0.39, 0.29) is 30.2 Å². The summed E-state index contributed by atoms with van der Waals surface area (Å²) in [6.07, 6.45) is -2.00. The maximum atomic E-state index is 14.2. The minimum atomic E-state index is -1.40. The first-order valence-corrected chi connectivity index (χ1v) is 8.65. The average molecular weight is 381 g/mol. The Morgan fingerprint density at radius 2 is 1.96 bits per heavy atom. The van der Waals surface area contributed by atoms with Crippen LogP contribution in [0.1, 0.15) is 11.1 Å². The zero-order valence-electron chi connectivity index (χ0n) is 13.9. The van der Waals surface area contributed by atoms with Gasteiger partial charge in [-0.15, -0.1) is 0 Å². The van der Waals surface area contributed by atoms with Gasteiger partial charge in [0.05, 0.1) is 23.7 Å². The molecular formula is C19H19ClF2N2O2. The molecule has 4 nitrogen and oxygen atoms in total. The fourth-order valence-electron chi connectivity index (χ4n) is 3.08. The monoisotopic (exact) mass is 380 g/mol. The van der Waals surface area contributed by atoms with Gasteiger partial charge < -0.3 is 15.4 Å². The molecule has 1 aliphatic rings. The molecule has 0 spiro atoms. The van der Waals surface area contributed by atoms with Crippen molar-refractivity contribution in [3.63, 3.8) is 0 Å². The maximum Gasteiger partial charge on any atom is 0.410 e. The van der Waals surface area contributed by atoms with Crippen LogP contribution < -0.4 is 5.73 Å². The first kappa shape index (κ1) is 18.6. The highest BCUT2D eigenvalue weighted by Gasteiger charge is 2.43. The van der Waals surface area contributed by atoms with E-state index < -0.39 is 30.2 Å². The number of likely N-dealkylation sites (tertiary alicyclic amines) is 1. The molecule has 1 saturated heterocycles. The van der Waals surface area contributed by atoms with Crippen LogP contribution in [0, 0.1) is 5.82 Å². The van der Waals surface area contributed by atoms with Crippen molar-refractivity contribution in [2.24, 2.45) is 5.73 Å². The number of amides is 1. The molecule has 0 aliphatic carbocycles. The molecule has 2 aromatic carbocycles. The van der Waals surface area contributed by atoms with Crippen molar-refractivity contribution in [1.29, 1.82) is 0 Å². The second kappa shape index (κ2) is 8.01. The minimum Gasteiger partial charge on any atom is -0.445 e. The van der Waals surface area contributed by atoms with E-state index in [9.17, 15) is 13.6 Å². The van der Waals surface area contributed by atoms with Gasteiger partial charge in [-0.05, 0) is 23.6 Å². The van der Waals surface area contributed by atoms with Gasteiger partial charge in [0.15, 0.2) is 0 Å². The number of halogens is 3. The Balaban J connectivity index is 1.72. The van der Waals surface area contributed by atoms with Gasteiger partial charge in [0, 0.05) is 0 Å². The number of hydrogen-bond acceptors (Lipinski definition) is 3. The van der Waals surface area contributed by atoms with E-state index >= 15 is 0 Å². The topological polar surface area (TPSA) is 55.6 Å². The lowest BCUT2D eigenvalue weighted by Gasteiger charge is -2.26. The number of alkyl halides is 1. The molecule has 0 bridgehead atoms. The van der Waals surface area contributed by atoms with Gasteiger partial charge in [0.1, 0.15) is 18.6 Å². The summed E-state index contributed by atoms with van der Waals surface area (Å²) in [7, 11) is 0. The predicted octanol–water partition coefficient (Wildman–Crippen LogP) is 3.71. The number of carbonyl (C=O) groups excluding carboxylic acids is 1. The number of benzene rings is 2. The molecule has 1 amide bonds. The van der Waals surface area contributed by atoms with Crippen LogP contribution in [-0.4, -0.2) is 35.8 Å². The number of rotatable bonds is 4. The summed E-state index contributed by atoms with van der Waals surface area (Å²) in [5.74, 6) is -0.582. The van der Waals surface area contributed by atoms with Crippen LogP contribution in [0.15, 0.2) is 48.5 Å². The van der Waals surface area contributed by atoms with Crippen LogP contribution in [0.4, 0.5) is 13.6 Å². The molecule has 2 aromatic rings. The Bertz CT molecular complexity index is 775. The van der Waals surface area contributed by atoms with E-state index in [0.717, 1.165) is 5.56 Å². The number of carbonyl (C=O) groups is 1. The van der Waals surface area contributed by atoms with Gasteiger partial charge in [-0.3, -0.25) is 0 Å². The number of hydrogen-bond donors (Lipinski definition) is 1. The molecule has 0 saturated carbocycles. The predicted molar refractivity (Wildman–Crippen MR) is 95.1 cm³/mol. The van der Waals surface area contributed by atoms with Crippen LogP contribution in [-0.2, 0) is 17.8 Å². The highest BCUT2D eigenvalue weighted by molar-refractivity contribution is 6.30. The number of ether oxygens (including phenoxy) is 1. The third-order valence-corrected chi connectivity index (χ3v) is 4.83. The van der Waals surface area contributed by atoms with Crippen LogP contribution in [0.5, 0.6) is 0 Å². The van der Waals surface area contributed by atoms with E-state index in [0.29, 0.717) is 0 Å². The summed E-state index contributed by atoms with van der Waals surface area (Å²) < 4.78 is 33.6. The van der Waals surface area contributed by atoms with Gasteiger partial charge in [0.25, 0.3) is 0 Å². The summed E-state index contributed by atoms with van der Waals surface area (Å²) in [5, 5.41) is -0.0240. The minimum absolute atomic E-state index is 0.0240. The second-order valence-corrected chi connectivity index (χ2v) is 6.68. The maximum absolute atomic E-state index is 14.2. The Kier molecular flexibility index (Phi) is 5.74. The summed E-state index contributed by atoms with van der Waals surface area (Å²) in [5.41, 5.74) is 7.02. The van der Waals surface area contributed by atoms with Crippen molar-refractivity contribution in [2.75, 3.05) is 6.54 Å². The fourth-order valence-corrected chi connectivity index (χ4v) is 3.28. The number of nitrogens with zero attached hydrogens (tertiary/aromatic N) is 1. The lowest BCUT2D eigenvalue weighted by atomic mass is 10.00. The zero-order chi connectivity index (χ0) is 18.7. The lowest BCUT2D eigenvalue weighted by molar-refractivity contribution is 0.0897. The Hall–Kier alpha value is -2.18. The average Bonchev–Trinajstić information content (AvgIpc) is 2.93. The third-order valence-electron chi connectivity index (χ3n) is 4.53. The van der Waals surface area contributed by atoms with Crippen molar-refractivity contribution < 1.29 is 18.3 Å². The first-order chi connectivity index (χ1) is 12.5. The van der Waals surface area contributed by atoms with Gasteiger partial charge >= 0.3 is 6.09 Å². The first-order valence-electron chi connectivity index (χ1n) is 8.27. The van der Waals surface area contributed by atoms with Gasteiger partial charge in [-0.1, -0.05) is 54.1 Å². The molecule has 1 fully saturated rings. The SMILES string of the molecule is N[C@H]1[C@@H](F)CN(C(=O)OCc2ccccc2)[C@H]1Cc1cccc(Cl)c1F. The van der Waals surface area contributed by atoms with E-state index in [1.165, 1.54) is 11.0 Å². The van der Waals surface area contributed by atoms with E-state index in [2.05, 4.69) is 0 Å². The highest BCUT2D eigenvalue weighted by atomic mass is 35.5. The van der Waals surface area contributed by atoms with Crippen molar-refractivity contribution in [3.05, 3.63) is 70.5 Å². The summed E-state index contributed by atoms with van der Waals surface area (Å²) in [6, 6.07) is 12.1. The van der Waals surface area contributed by atoms with E-state index in [4.69, 9.17) is 22.1 Å². The Morgan fingerprint density at radius 1 is 1.23 bits per heavy atom. The summed E-state index contributed by atoms with van der Waals surface area (Å²) in [4.78, 5) is 13.7. The molecule has 2 N–H and O–H groups in total. The Morgan fingerprint density at radius 3 is 2.69 bits per heavy atom. The Labute approximate surface area is 155 Å². The van der Waals surface area contributed by atoms with Crippen LogP contribution in [0.3, 0.4) is 0 Å². The van der Waals surface area contributed by atoms with Crippen molar-refractivity contribution in [3.8, 4) is 0 Å². The van der Waals surface area contributed by atoms with Gasteiger partial charge in [-0.2, -0.15) is 0 Å². The van der Waals surface area contributed by atoms with Crippen molar-refractivity contribution in [2.45, 2.75) is 31.3 Å². The van der Waals surface area contributed by atoms with Crippen LogP contribution >= 0.6 is 11.6 Å². The second-order valence-electron chi connectivity index (χ2n) is 6.27. The molecule has 1 aliphatic heterocycles. The van der Waals surface area contributed by atoms with E-state index in [1.807, 2.05) is 30.3 Å². The molecule has 3 atom stereocenters. The van der Waals surface area contributed by atoms with Crippen molar-refractivity contribution in [1.82, 2.24) is 4.90 Å². The summed E-state index contributed by atoms with van der Waals surface area (Å²) >= 11 is 5.80. The molecule has 3 rings (SSSR count). The molecular weight excluding hydrogens is 362 g/mol. The molecule has 1 heterocycles. The summed E-state index contributed by atoms with van der Waals surface area (Å²) in [6.45, 7) is -0.109. The molecule has 0 radical (unpaired) electrons. The standard InChI is InChI=1S/C19H19ClF2N2O2/c20-14-8-4-7-13(17(14)22)9-16-18(23)15(21)10-24(16)19(25)26-11-12-5-2-1-3-6-12/h1-8,15-16,18H,9-11,23H2/t15-,16-,18-/m0/s1. The van der Waals surface area contributed by atoms with Gasteiger partial charge in [-0.25, -0.2) is 13.6 Å². The quantitative estimate of drug-likeness (QED) is 0.879. The van der Waals surface area contributed by atoms with Crippen LogP contribution in [0.2, 0.25) is 5.02 Å². The normalized spacial score (nSPS) is 22.5. The molecule has 26 heavy (non-hydrogen) atoms. The van der Waals surface area contributed by atoms with Gasteiger partial charge in [0.2, 0.25) is 0 Å². The number of nitrogens with two attached hydrogens (primary N) is 1.